The number of nitrogens with zero attached hydrogens (tertiary/aromatic N) is 5. The maximum Gasteiger partial charge on any atom is 0.148 e. The second-order valence-corrected chi connectivity index (χ2v) is 5.40. The fraction of sp³-hybridized carbons (Fsp3) is 0.125. The number of H-pyrrole nitrogens is 1. The first-order chi connectivity index (χ1) is 11.7. The highest BCUT2D eigenvalue weighted by atomic mass is 19.1. The van der Waals surface area contributed by atoms with E-state index in [9.17, 15) is 4.39 Å². The van der Waals surface area contributed by atoms with E-state index in [1.165, 1.54) is 6.07 Å². The van der Waals surface area contributed by atoms with Gasteiger partial charge in [-0.2, -0.15) is 10.2 Å². The second kappa shape index (κ2) is 5.41. The highest BCUT2D eigenvalue weighted by molar-refractivity contribution is 6.02. The third-order valence-corrected chi connectivity index (χ3v) is 3.88. The van der Waals surface area contributed by atoms with Crippen LogP contribution >= 0.6 is 0 Å². The van der Waals surface area contributed by atoms with Gasteiger partial charge < -0.3 is 5.32 Å². The van der Waals surface area contributed by atoms with Crippen molar-refractivity contribution in [2.75, 3.05) is 12.4 Å². The molecule has 2 N–H and O–H groups in total. The van der Waals surface area contributed by atoms with Crippen LogP contribution in [0.25, 0.3) is 33.3 Å². The Balaban J connectivity index is 1.94. The van der Waals surface area contributed by atoms with Crippen LogP contribution in [0.1, 0.15) is 0 Å². The Morgan fingerprint density at radius 2 is 2.08 bits per heavy atom. The van der Waals surface area contributed by atoms with E-state index in [4.69, 9.17) is 0 Å². The van der Waals surface area contributed by atoms with Gasteiger partial charge in [-0.1, -0.05) is 0 Å². The smallest absolute Gasteiger partial charge is 0.148 e. The molecule has 120 valence electrons. The maximum atomic E-state index is 14.8. The third-order valence-electron chi connectivity index (χ3n) is 3.88. The normalized spacial score (nSPS) is 11.1. The molecular weight excluding hydrogens is 309 g/mol. The Bertz CT molecular complexity index is 1020. The van der Waals surface area contributed by atoms with E-state index >= 15 is 0 Å². The van der Waals surface area contributed by atoms with E-state index in [2.05, 4.69) is 30.8 Å². The molecule has 0 aliphatic rings. The number of aromatic nitrogens is 6. The predicted molar refractivity (Wildman–Crippen MR) is 88.8 cm³/mol. The summed E-state index contributed by atoms with van der Waals surface area (Å²) in [5.41, 5.74) is 3.06. The monoisotopic (exact) mass is 323 g/mol. The fourth-order valence-corrected chi connectivity index (χ4v) is 2.74. The quantitative estimate of drug-likeness (QED) is 0.605. The van der Waals surface area contributed by atoms with Crippen LogP contribution in [0.5, 0.6) is 0 Å². The molecule has 3 aromatic heterocycles. The van der Waals surface area contributed by atoms with E-state index in [0.29, 0.717) is 39.1 Å². The topological polar surface area (TPSA) is 84.3 Å². The molecule has 0 radical (unpaired) electrons. The number of nitrogens with one attached hydrogen (secondary N) is 2. The lowest BCUT2D eigenvalue weighted by molar-refractivity contribution is 0.633. The van der Waals surface area contributed by atoms with Crippen molar-refractivity contribution in [1.82, 2.24) is 30.2 Å². The van der Waals surface area contributed by atoms with Crippen molar-refractivity contribution in [2.24, 2.45) is 7.05 Å². The molecule has 0 saturated heterocycles. The van der Waals surface area contributed by atoms with Crippen molar-refractivity contribution in [2.45, 2.75) is 0 Å². The van der Waals surface area contributed by atoms with Crippen molar-refractivity contribution in [1.29, 1.82) is 0 Å². The molecule has 0 saturated carbocycles. The molecule has 0 spiro atoms. The number of anilines is 1. The minimum absolute atomic E-state index is 0.355. The van der Waals surface area contributed by atoms with E-state index < -0.39 is 0 Å². The Morgan fingerprint density at radius 1 is 1.21 bits per heavy atom. The molecule has 0 amide bonds. The number of aromatic amines is 1. The molecule has 0 atom stereocenters. The standard InChI is InChI=1S/C16H14FN7/c1-18-14-4-3-13(21-22-14)10-5-12(17)15(9-6-20-24(2)8-9)11-7-19-23-16(10)11/h3-8H,1-2H3,(H,18,22)(H,19,23). The second-order valence-electron chi connectivity index (χ2n) is 5.40. The largest absolute Gasteiger partial charge is 0.372 e. The van der Waals surface area contributed by atoms with Crippen molar-refractivity contribution >= 4 is 16.7 Å². The zero-order valence-electron chi connectivity index (χ0n) is 13.1. The van der Waals surface area contributed by atoms with Gasteiger partial charge in [0.25, 0.3) is 0 Å². The Morgan fingerprint density at radius 3 is 2.75 bits per heavy atom. The van der Waals surface area contributed by atoms with Gasteiger partial charge in [0, 0.05) is 42.4 Å². The summed E-state index contributed by atoms with van der Waals surface area (Å²) in [5, 5.41) is 22.9. The molecule has 3 heterocycles. The van der Waals surface area contributed by atoms with Gasteiger partial charge in [0.15, 0.2) is 0 Å². The summed E-state index contributed by atoms with van der Waals surface area (Å²) >= 11 is 0. The summed E-state index contributed by atoms with van der Waals surface area (Å²) in [6.07, 6.45) is 5.01. The molecule has 4 rings (SSSR count). The minimum Gasteiger partial charge on any atom is -0.372 e. The molecule has 24 heavy (non-hydrogen) atoms. The SMILES string of the molecule is CNc1ccc(-c2cc(F)c(-c3cnn(C)c3)c3cn[nH]c23)nn1. The van der Waals surface area contributed by atoms with E-state index in [0.717, 1.165) is 0 Å². The Labute approximate surface area is 136 Å². The third kappa shape index (κ3) is 2.19. The van der Waals surface area contributed by atoms with Gasteiger partial charge in [-0.3, -0.25) is 9.78 Å². The number of aryl methyl sites for hydroxylation is 1. The first-order valence-electron chi connectivity index (χ1n) is 7.34. The maximum absolute atomic E-state index is 14.8. The zero-order valence-corrected chi connectivity index (χ0v) is 13.1. The number of benzene rings is 1. The molecular formula is C16H14FN7. The van der Waals surface area contributed by atoms with Crippen LogP contribution in [0.3, 0.4) is 0 Å². The van der Waals surface area contributed by atoms with Crippen LogP contribution < -0.4 is 5.32 Å². The van der Waals surface area contributed by atoms with Gasteiger partial charge in [-0.05, 0) is 18.2 Å². The first kappa shape index (κ1) is 14.3. The summed E-state index contributed by atoms with van der Waals surface area (Å²) in [6.45, 7) is 0. The molecule has 0 unspecified atom stereocenters. The van der Waals surface area contributed by atoms with Crippen molar-refractivity contribution in [3.63, 3.8) is 0 Å². The van der Waals surface area contributed by atoms with E-state index in [1.54, 1.807) is 49.5 Å². The van der Waals surface area contributed by atoms with Crippen LogP contribution in [-0.2, 0) is 7.05 Å². The van der Waals surface area contributed by atoms with Gasteiger partial charge in [0.1, 0.15) is 11.6 Å². The van der Waals surface area contributed by atoms with Gasteiger partial charge in [0.2, 0.25) is 0 Å². The summed E-state index contributed by atoms with van der Waals surface area (Å²) < 4.78 is 16.5. The van der Waals surface area contributed by atoms with Crippen LogP contribution in [0, 0.1) is 5.82 Å². The molecule has 4 aromatic rings. The zero-order chi connectivity index (χ0) is 16.7. The predicted octanol–water partition coefficient (Wildman–Crippen LogP) is 2.60. The lowest BCUT2D eigenvalue weighted by Gasteiger charge is -2.08. The molecule has 8 heteroatoms. The summed E-state index contributed by atoms with van der Waals surface area (Å²) in [4.78, 5) is 0. The number of hydrogen-bond acceptors (Lipinski definition) is 5. The van der Waals surface area contributed by atoms with Crippen molar-refractivity contribution < 1.29 is 4.39 Å². The molecule has 0 bridgehead atoms. The molecule has 0 aliphatic carbocycles. The Kier molecular flexibility index (Phi) is 3.23. The van der Waals surface area contributed by atoms with Gasteiger partial charge in [-0.25, -0.2) is 4.39 Å². The van der Waals surface area contributed by atoms with E-state index in [-0.39, 0.29) is 5.82 Å². The Hall–Kier alpha value is -3.29. The minimum atomic E-state index is -0.355. The average Bonchev–Trinajstić information content (AvgIpc) is 3.23. The molecule has 1 aromatic carbocycles. The van der Waals surface area contributed by atoms with E-state index in [1.807, 2.05) is 0 Å². The average molecular weight is 323 g/mol. The van der Waals surface area contributed by atoms with Crippen LogP contribution in [-0.4, -0.2) is 37.2 Å². The van der Waals surface area contributed by atoms with Crippen molar-refractivity contribution in [3.05, 3.63) is 42.6 Å². The van der Waals surface area contributed by atoms with Gasteiger partial charge in [0.05, 0.1) is 23.6 Å². The summed E-state index contributed by atoms with van der Waals surface area (Å²) in [7, 11) is 3.56. The lowest BCUT2D eigenvalue weighted by atomic mass is 9.99. The highest BCUT2D eigenvalue weighted by Crippen LogP contribution is 2.35. The van der Waals surface area contributed by atoms with Crippen LogP contribution in [0.2, 0.25) is 0 Å². The molecule has 0 fully saturated rings. The fourth-order valence-electron chi connectivity index (χ4n) is 2.74. The van der Waals surface area contributed by atoms with Gasteiger partial charge >= 0.3 is 0 Å². The number of rotatable bonds is 3. The highest BCUT2D eigenvalue weighted by Gasteiger charge is 2.18. The summed E-state index contributed by atoms with van der Waals surface area (Å²) in [5.74, 6) is 0.290. The molecule has 0 aliphatic heterocycles. The summed E-state index contributed by atoms with van der Waals surface area (Å²) in [6, 6.07) is 5.03. The number of hydrogen-bond donors (Lipinski definition) is 2. The van der Waals surface area contributed by atoms with Crippen molar-refractivity contribution in [3.8, 4) is 22.4 Å². The first-order valence-corrected chi connectivity index (χ1v) is 7.34. The van der Waals surface area contributed by atoms with Gasteiger partial charge in [-0.15, -0.1) is 10.2 Å². The lowest BCUT2D eigenvalue weighted by Crippen LogP contribution is -1.96. The number of halogens is 1. The van der Waals surface area contributed by atoms with Crippen LogP contribution in [0.4, 0.5) is 10.2 Å². The molecule has 7 nitrogen and oxygen atoms in total. The number of fused-ring (bicyclic) bond motifs is 1. The van der Waals surface area contributed by atoms with Crippen LogP contribution in [0.15, 0.2) is 36.8 Å².